The van der Waals surface area contributed by atoms with Crippen LogP contribution in [0.15, 0.2) is 42.5 Å². The van der Waals surface area contributed by atoms with Gasteiger partial charge in [-0.25, -0.2) is 9.69 Å². The number of nitrogens with zero attached hydrogens (tertiary/aromatic N) is 1. The van der Waals surface area contributed by atoms with Crippen LogP contribution in [0.3, 0.4) is 0 Å². The van der Waals surface area contributed by atoms with Crippen molar-refractivity contribution in [3.05, 3.63) is 64.2 Å². The van der Waals surface area contributed by atoms with Crippen molar-refractivity contribution in [3.8, 4) is 0 Å². The van der Waals surface area contributed by atoms with E-state index in [4.69, 9.17) is 16.7 Å². The third-order valence-corrected chi connectivity index (χ3v) is 3.44. The maximum atomic E-state index is 12.4. The lowest BCUT2D eigenvalue weighted by Gasteiger charge is -2.13. The summed E-state index contributed by atoms with van der Waals surface area (Å²) in [5, 5.41) is 9.36. The molecule has 0 radical (unpaired) electrons. The van der Waals surface area contributed by atoms with E-state index in [1.165, 1.54) is 24.3 Å². The van der Waals surface area contributed by atoms with Gasteiger partial charge in [-0.2, -0.15) is 0 Å². The second-order valence-corrected chi connectivity index (χ2v) is 4.93. The second kappa shape index (κ2) is 4.71. The molecular weight excluding hydrogens is 294 g/mol. The maximum Gasteiger partial charge on any atom is 0.335 e. The number of imide groups is 1. The minimum Gasteiger partial charge on any atom is -0.478 e. The van der Waals surface area contributed by atoms with E-state index in [0.717, 1.165) is 4.90 Å². The Kier molecular flexibility index (Phi) is 2.99. The van der Waals surface area contributed by atoms with Gasteiger partial charge in [-0.3, -0.25) is 9.59 Å². The zero-order valence-electron chi connectivity index (χ0n) is 10.5. The summed E-state index contributed by atoms with van der Waals surface area (Å²) in [7, 11) is 0. The normalized spacial score (nSPS) is 13.5. The molecule has 5 nitrogen and oxygen atoms in total. The molecule has 1 heterocycles. The maximum absolute atomic E-state index is 12.4. The summed E-state index contributed by atoms with van der Waals surface area (Å²) in [5.41, 5.74) is 0.582. The number of fused-ring (bicyclic) bond motifs is 1. The molecule has 2 aromatic rings. The van der Waals surface area contributed by atoms with Crippen molar-refractivity contribution in [2.45, 2.75) is 0 Å². The van der Waals surface area contributed by atoms with Crippen molar-refractivity contribution in [1.29, 1.82) is 0 Å². The number of rotatable bonds is 2. The van der Waals surface area contributed by atoms with Gasteiger partial charge in [0.15, 0.2) is 0 Å². The van der Waals surface area contributed by atoms with Crippen LogP contribution >= 0.6 is 11.6 Å². The Hall–Kier alpha value is -2.66. The van der Waals surface area contributed by atoms with E-state index < -0.39 is 17.8 Å². The standard InChI is InChI=1S/C15H8ClNO4/c16-9-2-1-3-10(7-9)17-13(18)11-5-4-8(15(20)21)6-12(11)14(17)19/h1-7H,(H,20,21). The summed E-state index contributed by atoms with van der Waals surface area (Å²) in [6.45, 7) is 0. The lowest BCUT2D eigenvalue weighted by Crippen LogP contribution is -2.29. The number of halogens is 1. The Bertz CT molecular complexity index is 800. The average Bonchev–Trinajstić information content (AvgIpc) is 2.70. The van der Waals surface area contributed by atoms with E-state index in [-0.39, 0.29) is 16.7 Å². The molecule has 3 rings (SSSR count). The number of carbonyl (C=O) groups excluding carboxylic acids is 2. The van der Waals surface area contributed by atoms with Crippen molar-refractivity contribution in [3.63, 3.8) is 0 Å². The molecule has 6 heteroatoms. The first-order valence-corrected chi connectivity index (χ1v) is 6.38. The first-order chi connectivity index (χ1) is 9.99. The van der Waals surface area contributed by atoms with Crippen LogP contribution in [0.5, 0.6) is 0 Å². The fourth-order valence-electron chi connectivity index (χ4n) is 2.22. The monoisotopic (exact) mass is 301 g/mol. The van der Waals surface area contributed by atoms with Crippen molar-refractivity contribution < 1.29 is 19.5 Å². The number of carboxylic acid groups (broad SMARTS) is 1. The Morgan fingerprint density at radius 1 is 1.00 bits per heavy atom. The first-order valence-electron chi connectivity index (χ1n) is 6.01. The number of anilines is 1. The molecule has 0 fully saturated rings. The van der Waals surface area contributed by atoms with Gasteiger partial charge in [-0.15, -0.1) is 0 Å². The van der Waals surface area contributed by atoms with Crippen LogP contribution in [0.25, 0.3) is 0 Å². The molecule has 0 atom stereocenters. The topological polar surface area (TPSA) is 74.7 Å². The molecule has 1 N–H and O–H groups in total. The molecule has 0 saturated carbocycles. The van der Waals surface area contributed by atoms with Crippen LogP contribution in [0.1, 0.15) is 31.1 Å². The molecule has 0 spiro atoms. The highest BCUT2D eigenvalue weighted by molar-refractivity contribution is 6.35. The molecule has 1 aliphatic rings. The number of carbonyl (C=O) groups is 3. The molecule has 0 unspecified atom stereocenters. The van der Waals surface area contributed by atoms with Gasteiger partial charge in [0.25, 0.3) is 11.8 Å². The zero-order valence-corrected chi connectivity index (χ0v) is 11.3. The molecule has 0 aliphatic carbocycles. The average molecular weight is 302 g/mol. The van der Waals surface area contributed by atoms with Gasteiger partial charge in [-0.1, -0.05) is 17.7 Å². The third kappa shape index (κ3) is 2.08. The summed E-state index contributed by atoms with van der Waals surface area (Å²) in [4.78, 5) is 36.6. The van der Waals surface area contributed by atoms with E-state index in [0.29, 0.717) is 10.7 Å². The molecular formula is C15H8ClNO4. The molecule has 1 aliphatic heterocycles. The summed E-state index contributed by atoms with van der Waals surface area (Å²) in [6, 6.07) is 10.2. The van der Waals surface area contributed by atoms with E-state index in [1.807, 2.05) is 0 Å². The Morgan fingerprint density at radius 3 is 2.38 bits per heavy atom. The number of aromatic carboxylic acids is 1. The number of carboxylic acids is 1. The predicted molar refractivity (Wildman–Crippen MR) is 76.0 cm³/mol. The Labute approximate surface area is 124 Å². The van der Waals surface area contributed by atoms with E-state index in [1.54, 1.807) is 18.2 Å². The van der Waals surface area contributed by atoms with Crippen LogP contribution in [0.4, 0.5) is 5.69 Å². The van der Waals surface area contributed by atoms with Crippen LogP contribution in [0.2, 0.25) is 5.02 Å². The van der Waals surface area contributed by atoms with Gasteiger partial charge in [0.2, 0.25) is 0 Å². The van der Waals surface area contributed by atoms with Crippen LogP contribution in [-0.2, 0) is 0 Å². The number of benzene rings is 2. The van der Waals surface area contributed by atoms with Crippen molar-refractivity contribution >= 4 is 35.1 Å². The zero-order chi connectivity index (χ0) is 15.1. The number of hydrogen-bond donors (Lipinski definition) is 1. The van der Waals surface area contributed by atoms with Gasteiger partial charge in [0.1, 0.15) is 0 Å². The Balaban J connectivity index is 2.10. The molecule has 21 heavy (non-hydrogen) atoms. The SMILES string of the molecule is O=C(O)c1ccc2c(c1)C(=O)N(c1cccc(Cl)c1)C2=O. The largest absolute Gasteiger partial charge is 0.478 e. The van der Waals surface area contributed by atoms with E-state index >= 15 is 0 Å². The van der Waals surface area contributed by atoms with Crippen LogP contribution in [0, 0.1) is 0 Å². The van der Waals surface area contributed by atoms with E-state index in [9.17, 15) is 14.4 Å². The molecule has 0 aromatic heterocycles. The number of amides is 2. The third-order valence-electron chi connectivity index (χ3n) is 3.20. The molecule has 2 amide bonds. The summed E-state index contributed by atoms with van der Waals surface area (Å²) in [6.07, 6.45) is 0. The highest BCUT2D eigenvalue weighted by Gasteiger charge is 2.37. The predicted octanol–water partition coefficient (Wildman–Crippen LogP) is 2.84. The van der Waals surface area contributed by atoms with Gasteiger partial charge in [0.05, 0.1) is 22.4 Å². The Morgan fingerprint density at radius 2 is 1.71 bits per heavy atom. The molecule has 104 valence electrons. The van der Waals surface area contributed by atoms with Gasteiger partial charge in [0, 0.05) is 5.02 Å². The molecule has 2 aromatic carbocycles. The summed E-state index contributed by atoms with van der Waals surface area (Å²) < 4.78 is 0. The van der Waals surface area contributed by atoms with Gasteiger partial charge < -0.3 is 5.11 Å². The van der Waals surface area contributed by atoms with Crippen molar-refractivity contribution in [2.24, 2.45) is 0 Å². The quantitative estimate of drug-likeness (QED) is 0.866. The second-order valence-electron chi connectivity index (χ2n) is 4.49. The van der Waals surface area contributed by atoms with Crippen molar-refractivity contribution in [2.75, 3.05) is 4.90 Å². The fourth-order valence-corrected chi connectivity index (χ4v) is 2.41. The van der Waals surface area contributed by atoms with Crippen molar-refractivity contribution in [1.82, 2.24) is 0 Å². The lowest BCUT2D eigenvalue weighted by atomic mass is 10.1. The fraction of sp³-hybridized carbons (Fsp3) is 0. The molecule has 0 saturated heterocycles. The van der Waals surface area contributed by atoms with Crippen LogP contribution in [-0.4, -0.2) is 22.9 Å². The minimum atomic E-state index is -1.15. The first kappa shape index (κ1) is 13.3. The van der Waals surface area contributed by atoms with E-state index in [2.05, 4.69) is 0 Å². The summed E-state index contributed by atoms with van der Waals surface area (Å²) in [5.74, 6) is -2.20. The smallest absolute Gasteiger partial charge is 0.335 e. The van der Waals surface area contributed by atoms with Gasteiger partial charge >= 0.3 is 5.97 Å². The van der Waals surface area contributed by atoms with Crippen LogP contribution < -0.4 is 4.90 Å². The summed E-state index contributed by atoms with van der Waals surface area (Å²) >= 11 is 5.87. The highest BCUT2D eigenvalue weighted by atomic mass is 35.5. The lowest BCUT2D eigenvalue weighted by molar-refractivity contribution is 0.0696. The minimum absolute atomic E-state index is 0.0390. The van der Waals surface area contributed by atoms with Gasteiger partial charge in [-0.05, 0) is 36.4 Å². The molecule has 0 bridgehead atoms. The number of hydrogen-bond acceptors (Lipinski definition) is 3. The highest BCUT2D eigenvalue weighted by Crippen LogP contribution is 2.30.